The molecule has 90 valence electrons. The molecule has 0 spiro atoms. The van der Waals surface area contributed by atoms with E-state index in [1.54, 1.807) is 11.3 Å². The second kappa shape index (κ2) is 5.36. The van der Waals surface area contributed by atoms with E-state index < -0.39 is 0 Å². The first-order valence-electron chi connectivity index (χ1n) is 5.56. The van der Waals surface area contributed by atoms with Gasteiger partial charge in [0.05, 0.1) is 0 Å². The van der Waals surface area contributed by atoms with Crippen molar-refractivity contribution in [3.8, 4) is 0 Å². The lowest BCUT2D eigenvalue weighted by Gasteiger charge is -2.25. The number of nitrogens with two attached hydrogens (primary N) is 1. The summed E-state index contributed by atoms with van der Waals surface area (Å²) in [5.74, 6) is 0.571. The van der Waals surface area contributed by atoms with Crippen LogP contribution in [0.4, 0.5) is 0 Å². The summed E-state index contributed by atoms with van der Waals surface area (Å²) in [7, 11) is 0. The summed E-state index contributed by atoms with van der Waals surface area (Å²) < 4.78 is 1.85. The highest BCUT2D eigenvalue weighted by Crippen LogP contribution is 2.43. The molecule has 5 heteroatoms. The van der Waals surface area contributed by atoms with Gasteiger partial charge in [-0.15, -0.1) is 11.3 Å². The first-order valence-corrected chi connectivity index (χ1v) is 7.55. The number of hydrogen-bond acceptors (Lipinski definition) is 3. The molecule has 0 amide bonds. The van der Waals surface area contributed by atoms with Crippen LogP contribution in [-0.4, -0.2) is 24.5 Å². The maximum atomic E-state index is 6.11. The standard InChI is InChI=1S/C11H16BrClN2S/c1-2-15-4-3-7(6-14)10(15)9-5-8(12)11(13)16-9/h5,7,10H,2-4,6,14H2,1H3. The molecular formula is C11H16BrClN2S. The topological polar surface area (TPSA) is 29.3 Å². The number of halogens is 2. The fourth-order valence-electron chi connectivity index (χ4n) is 2.45. The first-order chi connectivity index (χ1) is 7.67. The molecule has 1 saturated heterocycles. The molecule has 1 aliphatic rings. The third-order valence-electron chi connectivity index (χ3n) is 3.29. The Morgan fingerprint density at radius 2 is 2.44 bits per heavy atom. The van der Waals surface area contributed by atoms with Crippen molar-refractivity contribution in [3.05, 3.63) is 19.8 Å². The Balaban J connectivity index is 2.28. The second-order valence-electron chi connectivity index (χ2n) is 4.13. The summed E-state index contributed by atoms with van der Waals surface area (Å²) >= 11 is 11.3. The van der Waals surface area contributed by atoms with Crippen molar-refractivity contribution in [2.24, 2.45) is 11.7 Å². The van der Waals surface area contributed by atoms with Crippen molar-refractivity contribution in [2.75, 3.05) is 19.6 Å². The smallest absolute Gasteiger partial charge is 0.107 e. The molecule has 0 bridgehead atoms. The number of thiophene rings is 1. The van der Waals surface area contributed by atoms with Crippen LogP contribution in [0.25, 0.3) is 0 Å². The summed E-state index contributed by atoms with van der Waals surface area (Å²) in [6.45, 7) is 5.19. The zero-order valence-electron chi connectivity index (χ0n) is 9.25. The van der Waals surface area contributed by atoms with Crippen LogP contribution in [-0.2, 0) is 0 Å². The molecule has 2 rings (SSSR count). The van der Waals surface area contributed by atoms with E-state index in [4.69, 9.17) is 17.3 Å². The Hall–Kier alpha value is 0.390. The van der Waals surface area contributed by atoms with Gasteiger partial charge in [-0.25, -0.2) is 0 Å². The van der Waals surface area contributed by atoms with Gasteiger partial charge in [0.1, 0.15) is 4.34 Å². The van der Waals surface area contributed by atoms with Gasteiger partial charge < -0.3 is 5.73 Å². The molecular weight excluding hydrogens is 308 g/mol. The minimum atomic E-state index is 0.462. The Morgan fingerprint density at radius 3 is 2.94 bits per heavy atom. The quantitative estimate of drug-likeness (QED) is 0.922. The van der Waals surface area contributed by atoms with Crippen LogP contribution in [0.3, 0.4) is 0 Å². The van der Waals surface area contributed by atoms with Gasteiger partial charge in [-0.2, -0.15) is 0 Å². The van der Waals surface area contributed by atoms with Gasteiger partial charge in [0.2, 0.25) is 0 Å². The Kier molecular flexibility index (Phi) is 4.30. The van der Waals surface area contributed by atoms with Crippen LogP contribution < -0.4 is 5.73 Å². The van der Waals surface area contributed by atoms with E-state index in [1.807, 2.05) is 0 Å². The van der Waals surface area contributed by atoms with Crippen LogP contribution in [0.15, 0.2) is 10.5 Å². The maximum absolute atomic E-state index is 6.11. The Bertz CT molecular complexity index is 337. The lowest BCUT2D eigenvalue weighted by molar-refractivity contribution is 0.245. The molecule has 2 nitrogen and oxygen atoms in total. The predicted octanol–water partition coefficient (Wildman–Crippen LogP) is 3.51. The summed E-state index contributed by atoms with van der Waals surface area (Å²) in [6, 6.07) is 2.61. The average molecular weight is 324 g/mol. The fourth-order valence-corrected chi connectivity index (χ4v) is 4.41. The highest BCUT2D eigenvalue weighted by molar-refractivity contribution is 9.10. The molecule has 16 heavy (non-hydrogen) atoms. The van der Waals surface area contributed by atoms with Crippen LogP contribution in [0.1, 0.15) is 24.3 Å². The lowest BCUT2D eigenvalue weighted by atomic mass is 9.99. The number of nitrogens with zero attached hydrogens (tertiary/aromatic N) is 1. The minimum absolute atomic E-state index is 0.462. The minimum Gasteiger partial charge on any atom is -0.330 e. The molecule has 2 N–H and O–H groups in total. The molecule has 0 aliphatic carbocycles. The second-order valence-corrected chi connectivity index (χ2v) is 6.67. The van der Waals surface area contributed by atoms with Crippen molar-refractivity contribution in [1.29, 1.82) is 0 Å². The third-order valence-corrected chi connectivity index (χ3v) is 5.84. The summed E-state index contributed by atoms with van der Waals surface area (Å²) in [5.41, 5.74) is 5.86. The molecule has 1 aromatic rings. The van der Waals surface area contributed by atoms with E-state index in [1.165, 1.54) is 11.3 Å². The Morgan fingerprint density at radius 1 is 1.69 bits per heavy atom. The van der Waals surface area contributed by atoms with Gasteiger partial charge in [-0.1, -0.05) is 18.5 Å². The van der Waals surface area contributed by atoms with Crippen LogP contribution in [0.5, 0.6) is 0 Å². The van der Waals surface area contributed by atoms with Crippen molar-refractivity contribution < 1.29 is 0 Å². The summed E-state index contributed by atoms with van der Waals surface area (Å²) in [4.78, 5) is 3.83. The maximum Gasteiger partial charge on any atom is 0.107 e. The zero-order chi connectivity index (χ0) is 11.7. The first kappa shape index (κ1) is 12.8. The van der Waals surface area contributed by atoms with E-state index in [-0.39, 0.29) is 0 Å². The predicted molar refractivity (Wildman–Crippen MR) is 74.2 cm³/mol. The molecule has 1 aromatic heterocycles. The largest absolute Gasteiger partial charge is 0.330 e. The molecule has 0 saturated carbocycles. The molecule has 2 heterocycles. The SMILES string of the molecule is CCN1CCC(CN)C1c1cc(Br)c(Cl)s1. The van der Waals surface area contributed by atoms with Gasteiger partial charge in [0.25, 0.3) is 0 Å². The van der Waals surface area contributed by atoms with Crippen molar-refractivity contribution in [1.82, 2.24) is 4.90 Å². The number of rotatable bonds is 3. The summed E-state index contributed by atoms with van der Waals surface area (Å²) in [5, 5.41) is 0. The molecule has 2 unspecified atom stereocenters. The van der Waals surface area contributed by atoms with E-state index >= 15 is 0 Å². The lowest BCUT2D eigenvalue weighted by Crippen LogP contribution is -2.27. The Labute approximate surface area is 114 Å². The van der Waals surface area contributed by atoms with Gasteiger partial charge in [-0.3, -0.25) is 4.90 Å². The fraction of sp³-hybridized carbons (Fsp3) is 0.636. The zero-order valence-corrected chi connectivity index (χ0v) is 12.4. The van der Waals surface area contributed by atoms with E-state index in [9.17, 15) is 0 Å². The molecule has 0 aromatic carbocycles. The van der Waals surface area contributed by atoms with E-state index in [0.717, 1.165) is 28.4 Å². The van der Waals surface area contributed by atoms with Gasteiger partial charge in [0.15, 0.2) is 0 Å². The third kappa shape index (κ3) is 2.31. The van der Waals surface area contributed by atoms with Gasteiger partial charge >= 0.3 is 0 Å². The monoisotopic (exact) mass is 322 g/mol. The normalized spacial score (nSPS) is 26.5. The van der Waals surface area contributed by atoms with Gasteiger partial charge in [-0.05, 0) is 54.0 Å². The van der Waals surface area contributed by atoms with Crippen molar-refractivity contribution in [3.63, 3.8) is 0 Å². The number of likely N-dealkylation sites (tertiary alicyclic amines) is 1. The van der Waals surface area contributed by atoms with Crippen molar-refractivity contribution >= 4 is 38.9 Å². The number of hydrogen-bond donors (Lipinski definition) is 1. The highest BCUT2D eigenvalue weighted by Gasteiger charge is 2.34. The molecule has 2 atom stereocenters. The van der Waals surface area contributed by atoms with E-state index in [2.05, 4.69) is 33.8 Å². The molecule has 1 fully saturated rings. The van der Waals surface area contributed by atoms with Crippen LogP contribution in [0, 0.1) is 5.92 Å². The van der Waals surface area contributed by atoms with Crippen LogP contribution >= 0.6 is 38.9 Å². The summed E-state index contributed by atoms with van der Waals surface area (Å²) in [6.07, 6.45) is 1.20. The highest BCUT2D eigenvalue weighted by atomic mass is 79.9. The molecule has 0 radical (unpaired) electrons. The average Bonchev–Trinajstić information content (AvgIpc) is 2.82. The van der Waals surface area contributed by atoms with Crippen LogP contribution in [0.2, 0.25) is 4.34 Å². The van der Waals surface area contributed by atoms with E-state index in [0.29, 0.717) is 12.0 Å². The molecule has 1 aliphatic heterocycles. The van der Waals surface area contributed by atoms with Crippen molar-refractivity contribution in [2.45, 2.75) is 19.4 Å². The van der Waals surface area contributed by atoms with Gasteiger partial charge in [0, 0.05) is 15.4 Å².